The lowest BCUT2D eigenvalue weighted by Crippen LogP contribution is -2.48. The first kappa shape index (κ1) is 29.5. The Morgan fingerprint density at radius 3 is 2.47 bits per heavy atom. The zero-order chi connectivity index (χ0) is 25.5. The Hall–Kier alpha value is -2.54. The lowest BCUT2D eigenvalue weighted by molar-refractivity contribution is -0.120. The molecule has 0 radical (unpaired) electrons. The van der Waals surface area contributed by atoms with Gasteiger partial charge in [-0.2, -0.15) is 0 Å². The SMILES string of the molecule is CCF.C\C=C(/N=C(\C=C\CC)C(/C)=C1/C(=N/C=C/CC)NC(=O)CC1C)N1CCNC(C)C1. The minimum Gasteiger partial charge on any atom is -0.354 e. The number of halogens is 1. The number of amides is 1. The van der Waals surface area contributed by atoms with Gasteiger partial charge in [0.2, 0.25) is 5.91 Å². The van der Waals surface area contributed by atoms with Gasteiger partial charge in [-0.15, -0.1) is 0 Å². The van der Waals surface area contributed by atoms with E-state index < -0.39 is 0 Å². The van der Waals surface area contributed by atoms with Crippen molar-refractivity contribution in [2.45, 2.75) is 73.8 Å². The predicted molar refractivity (Wildman–Crippen MR) is 143 cm³/mol. The largest absolute Gasteiger partial charge is 0.354 e. The van der Waals surface area contributed by atoms with E-state index in [2.05, 4.69) is 73.4 Å². The van der Waals surface area contributed by atoms with Gasteiger partial charge in [-0.25, -0.2) is 9.98 Å². The van der Waals surface area contributed by atoms with Gasteiger partial charge >= 0.3 is 0 Å². The van der Waals surface area contributed by atoms with Crippen molar-refractivity contribution in [1.29, 1.82) is 0 Å². The number of alkyl halides is 1. The van der Waals surface area contributed by atoms with E-state index in [-0.39, 0.29) is 18.5 Å². The second kappa shape index (κ2) is 16.1. The third-order valence-electron chi connectivity index (χ3n) is 5.53. The summed E-state index contributed by atoms with van der Waals surface area (Å²) in [5.41, 5.74) is 3.04. The molecular weight excluding hydrogens is 429 g/mol. The van der Waals surface area contributed by atoms with Crippen LogP contribution < -0.4 is 10.6 Å². The summed E-state index contributed by atoms with van der Waals surface area (Å²) >= 11 is 0. The molecule has 2 unspecified atom stereocenters. The molecule has 2 aliphatic heterocycles. The molecule has 2 N–H and O–H groups in total. The van der Waals surface area contributed by atoms with Crippen molar-refractivity contribution in [3.05, 3.63) is 47.5 Å². The smallest absolute Gasteiger partial charge is 0.226 e. The van der Waals surface area contributed by atoms with E-state index in [9.17, 15) is 9.18 Å². The molecule has 2 heterocycles. The fourth-order valence-electron chi connectivity index (χ4n) is 3.94. The highest BCUT2D eigenvalue weighted by Gasteiger charge is 2.28. The summed E-state index contributed by atoms with van der Waals surface area (Å²) in [7, 11) is 0. The van der Waals surface area contributed by atoms with Gasteiger partial charge < -0.3 is 15.5 Å². The van der Waals surface area contributed by atoms with Crippen LogP contribution >= 0.6 is 0 Å². The number of allylic oxidation sites excluding steroid dienone is 5. The maximum absolute atomic E-state index is 12.2. The van der Waals surface area contributed by atoms with E-state index in [4.69, 9.17) is 4.99 Å². The second-order valence-electron chi connectivity index (χ2n) is 8.49. The predicted octanol–water partition coefficient (Wildman–Crippen LogP) is 5.32. The molecule has 2 aliphatic rings. The lowest BCUT2D eigenvalue weighted by atomic mass is 9.87. The quantitative estimate of drug-likeness (QED) is 0.492. The Morgan fingerprint density at radius 1 is 1.21 bits per heavy atom. The van der Waals surface area contributed by atoms with Crippen LogP contribution in [0.15, 0.2) is 57.5 Å². The molecule has 0 saturated carbocycles. The van der Waals surface area contributed by atoms with Crippen molar-refractivity contribution >= 4 is 17.5 Å². The number of hydrogen-bond acceptors (Lipinski definition) is 5. The van der Waals surface area contributed by atoms with Gasteiger partial charge in [0.05, 0.1) is 12.4 Å². The van der Waals surface area contributed by atoms with E-state index in [0.29, 0.717) is 18.3 Å². The fraction of sp³-hybridized carbons (Fsp3) is 0.593. The van der Waals surface area contributed by atoms with E-state index in [1.165, 1.54) is 6.92 Å². The molecule has 2 atom stereocenters. The van der Waals surface area contributed by atoms with Crippen molar-refractivity contribution in [2.24, 2.45) is 15.9 Å². The molecule has 0 aliphatic carbocycles. The summed E-state index contributed by atoms with van der Waals surface area (Å²) < 4.78 is 10.3. The standard InChI is InChI=1S/C25H39N5O.C2H5F/c1-7-10-12-21(28-22(9-3)30-15-14-26-19(5)17-30)20(6)24-18(4)16-23(31)29-25(24)27-13-11-8-2;1-2-3/h9-13,18-19,26H,7-8,14-17H2,1-6H3,(H,27,29,31);2H2,1H3/b12-10+,13-11+,22-9+,24-20+,28-21+;. The number of piperazine rings is 1. The van der Waals surface area contributed by atoms with E-state index in [0.717, 1.165) is 55.2 Å². The third-order valence-corrected chi connectivity index (χ3v) is 5.53. The Balaban J connectivity index is 0.00000182. The highest BCUT2D eigenvalue weighted by molar-refractivity contribution is 6.18. The van der Waals surface area contributed by atoms with Gasteiger partial charge in [0.1, 0.15) is 11.7 Å². The summed E-state index contributed by atoms with van der Waals surface area (Å²) in [6.07, 6.45) is 12.4. The molecule has 190 valence electrons. The molecule has 0 spiro atoms. The number of carbonyl (C=O) groups excluding carboxylic acids is 1. The summed E-state index contributed by atoms with van der Waals surface area (Å²) in [5, 5.41) is 6.46. The zero-order valence-corrected chi connectivity index (χ0v) is 22.1. The number of nitrogens with zero attached hydrogens (tertiary/aromatic N) is 3. The maximum atomic E-state index is 12.2. The Kier molecular flexibility index (Phi) is 14.0. The van der Waals surface area contributed by atoms with Crippen LogP contribution in [0.4, 0.5) is 4.39 Å². The van der Waals surface area contributed by atoms with Crippen LogP contribution in [-0.4, -0.2) is 54.7 Å². The monoisotopic (exact) mass is 473 g/mol. The number of piperidine rings is 1. The Labute approximate surface area is 205 Å². The number of rotatable bonds is 7. The first-order valence-corrected chi connectivity index (χ1v) is 12.5. The molecule has 2 saturated heterocycles. The first-order chi connectivity index (χ1) is 16.3. The number of aliphatic imine (C=N–C) groups is 2. The molecule has 0 aromatic carbocycles. The van der Waals surface area contributed by atoms with Crippen molar-refractivity contribution < 1.29 is 9.18 Å². The van der Waals surface area contributed by atoms with Gasteiger partial charge in [0, 0.05) is 43.9 Å². The van der Waals surface area contributed by atoms with Gasteiger partial charge in [-0.1, -0.05) is 32.9 Å². The molecule has 0 aromatic rings. The van der Waals surface area contributed by atoms with Crippen LogP contribution in [0.25, 0.3) is 0 Å². The fourth-order valence-corrected chi connectivity index (χ4v) is 3.94. The number of amidine groups is 1. The average Bonchev–Trinajstić information content (AvgIpc) is 2.79. The highest BCUT2D eigenvalue weighted by Crippen LogP contribution is 2.26. The van der Waals surface area contributed by atoms with E-state index in [1.807, 2.05) is 13.0 Å². The Morgan fingerprint density at radius 2 is 1.88 bits per heavy atom. The number of nitrogens with one attached hydrogen (secondary N) is 2. The van der Waals surface area contributed by atoms with Crippen molar-refractivity contribution in [1.82, 2.24) is 15.5 Å². The van der Waals surface area contributed by atoms with Gasteiger partial charge in [-0.05, 0) is 64.2 Å². The number of carbonyl (C=O) groups is 1. The summed E-state index contributed by atoms with van der Waals surface area (Å²) in [5.74, 6) is 1.72. The Bertz CT molecular complexity index is 838. The third kappa shape index (κ3) is 9.37. The highest BCUT2D eigenvalue weighted by atomic mass is 19.1. The molecule has 7 heteroatoms. The van der Waals surface area contributed by atoms with Gasteiger partial charge in [0.15, 0.2) is 0 Å². The molecule has 1 amide bonds. The van der Waals surface area contributed by atoms with Crippen LogP contribution in [0, 0.1) is 5.92 Å². The second-order valence-corrected chi connectivity index (χ2v) is 8.49. The average molecular weight is 474 g/mol. The minimum atomic E-state index is -0.250. The van der Waals surface area contributed by atoms with Crippen molar-refractivity contribution in [2.75, 3.05) is 26.3 Å². The molecular formula is C27H44FN5O. The van der Waals surface area contributed by atoms with Gasteiger partial charge in [-0.3, -0.25) is 9.18 Å². The van der Waals surface area contributed by atoms with Crippen LogP contribution in [-0.2, 0) is 4.79 Å². The topological polar surface area (TPSA) is 69.1 Å². The molecule has 0 bridgehead atoms. The van der Waals surface area contributed by atoms with E-state index in [1.54, 1.807) is 6.20 Å². The zero-order valence-electron chi connectivity index (χ0n) is 22.1. The lowest BCUT2D eigenvalue weighted by Gasteiger charge is -2.34. The molecule has 2 fully saturated rings. The normalized spacial score (nSPS) is 25.0. The maximum Gasteiger partial charge on any atom is 0.226 e. The molecule has 0 aromatic heterocycles. The van der Waals surface area contributed by atoms with Crippen LogP contribution in [0.5, 0.6) is 0 Å². The molecule has 6 nitrogen and oxygen atoms in total. The van der Waals surface area contributed by atoms with Gasteiger partial charge in [0.25, 0.3) is 0 Å². The van der Waals surface area contributed by atoms with Crippen molar-refractivity contribution in [3.8, 4) is 0 Å². The van der Waals surface area contributed by atoms with Crippen molar-refractivity contribution in [3.63, 3.8) is 0 Å². The van der Waals surface area contributed by atoms with Crippen LogP contribution in [0.1, 0.15) is 67.7 Å². The van der Waals surface area contributed by atoms with Crippen LogP contribution in [0.3, 0.4) is 0 Å². The molecule has 34 heavy (non-hydrogen) atoms. The first-order valence-electron chi connectivity index (χ1n) is 12.5. The van der Waals surface area contributed by atoms with E-state index >= 15 is 0 Å². The van der Waals surface area contributed by atoms with Crippen LogP contribution in [0.2, 0.25) is 0 Å². The minimum absolute atomic E-state index is 0.0132. The summed E-state index contributed by atoms with van der Waals surface area (Å²) in [4.78, 5) is 24.2. The summed E-state index contributed by atoms with van der Waals surface area (Å²) in [6.45, 7) is 16.7. The molecule has 2 rings (SSSR count). The number of hydrogen-bond donors (Lipinski definition) is 2. The summed E-state index contributed by atoms with van der Waals surface area (Å²) in [6, 6.07) is 0.436.